The van der Waals surface area contributed by atoms with Gasteiger partial charge in [-0.25, -0.2) is 14.2 Å². The minimum Gasteiger partial charge on any atom is -0.475 e. The van der Waals surface area contributed by atoms with Crippen molar-refractivity contribution in [3.05, 3.63) is 75.8 Å². The van der Waals surface area contributed by atoms with Gasteiger partial charge < -0.3 is 30.4 Å². The average molecular weight is 723 g/mol. The van der Waals surface area contributed by atoms with E-state index in [-0.39, 0.29) is 40.5 Å². The second-order valence-electron chi connectivity index (χ2n) is 11.1. The number of carboxylic acids is 1. The number of carboxylic acid groups (broad SMARTS) is 1. The number of aromatic nitrogens is 2. The number of ether oxygens (including phenoxy) is 1. The Hall–Kier alpha value is -4.42. The lowest BCUT2D eigenvalue weighted by Gasteiger charge is -2.47. The van der Waals surface area contributed by atoms with Gasteiger partial charge >= 0.3 is 18.8 Å². The van der Waals surface area contributed by atoms with E-state index in [0.717, 1.165) is 44.9 Å². The summed E-state index contributed by atoms with van der Waals surface area (Å²) >= 11 is 6.45. The smallest absolute Gasteiger partial charge is 0.475 e. The number of amides is 2. The number of nitrogens with zero attached hydrogens (tertiary/aromatic N) is 3. The maximum atomic E-state index is 14.3. The molecule has 0 bridgehead atoms. The molecule has 0 atom stereocenters. The van der Waals surface area contributed by atoms with Gasteiger partial charge in [0.2, 0.25) is 5.82 Å². The van der Waals surface area contributed by atoms with Crippen molar-refractivity contribution in [2.75, 3.05) is 44.6 Å². The molecule has 0 radical (unpaired) electrons. The van der Waals surface area contributed by atoms with Gasteiger partial charge in [-0.2, -0.15) is 26.3 Å². The van der Waals surface area contributed by atoms with Crippen molar-refractivity contribution in [1.29, 1.82) is 0 Å². The second-order valence-corrected chi connectivity index (χ2v) is 11.5. The maximum Gasteiger partial charge on any atom is 0.490 e. The zero-order valence-electron chi connectivity index (χ0n) is 25.6. The van der Waals surface area contributed by atoms with Crippen molar-refractivity contribution in [2.45, 2.75) is 32.2 Å². The monoisotopic (exact) mass is 722 g/mol. The van der Waals surface area contributed by atoms with Gasteiger partial charge in [0.15, 0.2) is 17.4 Å². The van der Waals surface area contributed by atoms with Crippen LogP contribution in [-0.2, 0) is 11.2 Å². The number of H-pyrrole nitrogens is 1. The van der Waals surface area contributed by atoms with E-state index in [1.54, 1.807) is 12.1 Å². The van der Waals surface area contributed by atoms with E-state index in [1.807, 2.05) is 11.8 Å². The highest BCUT2D eigenvalue weighted by Crippen LogP contribution is 2.27. The number of likely N-dealkylation sites (tertiary alicyclic amines) is 1. The maximum absolute atomic E-state index is 14.3. The number of rotatable bonds is 11. The van der Waals surface area contributed by atoms with Crippen LogP contribution in [0.25, 0.3) is 0 Å². The number of benzene rings is 2. The number of anilines is 1. The van der Waals surface area contributed by atoms with Crippen molar-refractivity contribution >= 4 is 35.1 Å². The van der Waals surface area contributed by atoms with Crippen molar-refractivity contribution in [1.82, 2.24) is 25.1 Å². The summed E-state index contributed by atoms with van der Waals surface area (Å²) in [7, 11) is 0. The van der Waals surface area contributed by atoms with E-state index in [4.69, 9.17) is 21.5 Å². The SMILES string of the molecule is CCN(C(=O)c1ccc(NC(=O)c2ncc(Cc3ccc(OC(F)F)c(F)c3F)[nH]2)cc1Cl)C1CN(CC2CNC2)C1.O=C(O)C(F)(F)F. The first-order valence-electron chi connectivity index (χ1n) is 14.7. The van der Waals surface area contributed by atoms with Crippen LogP contribution in [0.15, 0.2) is 36.5 Å². The highest BCUT2D eigenvalue weighted by molar-refractivity contribution is 6.34. The van der Waals surface area contributed by atoms with Crippen LogP contribution in [0.1, 0.15) is 39.2 Å². The molecule has 4 N–H and O–H groups in total. The molecule has 19 heteroatoms. The van der Waals surface area contributed by atoms with E-state index in [2.05, 4.69) is 30.2 Å². The van der Waals surface area contributed by atoms with Gasteiger partial charge in [-0.1, -0.05) is 17.7 Å². The molecular weight excluding hydrogens is 693 g/mol. The summed E-state index contributed by atoms with van der Waals surface area (Å²) in [6, 6.07) is 6.72. The lowest BCUT2D eigenvalue weighted by atomic mass is 9.98. The predicted octanol–water partition coefficient (Wildman–Crippen LogP) is 4.78. The summed E-state index contributed by atoms with van der Waals surface area (Å²) in [6.45, 7) is 3.94. The Morgan fingerprint density at radius 1 is 1.14 bits per heavy atom. The molecule has 2 saturated heterocycles. The lowest BCUT2D eigenvalue weighted by molar-refractivity contribution is -0.192. The van der Waals surface area contributed by atoms with Crippen molar-refractivity contribution in [3.63, 3.8) is 0 Å². The number of hydrogen-bond donors (Lipinski definition) is 4. The third-order valence-electron chi connectivity index (χ3n) is 7.63. The minimum atomic E-state index is -5.08. The molecule has 266 valence electrons. The average Bonchev–Trinajstić information content (AvgIpc) is 3.45. The van der Waals surface area contributed by atoms with Crippen LogP contribution in [-0.4, -0.2) is 101 Å². The summed E-state index contributed by atoms with van der Waals surface area (Å²) in [5.74, 6) is -6.79. The van der Waals surface area contributed by atoms with Crippen LogP contribution in [0.5, 0.6) is 5.75 Å². The quantitative estimate of drug-likeness (QED) is 0.208. The van der Waals surface area contributed by atoms with Crippen LogP contribution in [0.2, 0.25) is 5.02 Å². The summed E-state index contributed by atoms with van der Waals surface area (Å²) in [4.78, 5) is 45.8. The molecule has 2 aliphatic heterocycles. The first-order chi connectivity index (χ1) is 23.1. The molecule has 2 aromatic carbocycles. The summed E-state index contributed by atoms with van der Waals surface area (Å²) < 4.78 is 88.8. The van der Waals surface area contributed by atoms with Gasteiger partial charge in [-0.15, -0.1) is 0 Å². The molecule has 0 saturated carbocycles. The topological polar surface area (TPSA) is 140 Å². The molecule has 0 spiro atoms. The highest BCUT2D eigenvalue weighted by atomic mass is 35.5. The fourth-order valence-corrected chi connectivity index (χ4v) is 5.34. The number of carbonyl (C=O) groups excluding carboxylic acids is 2. The molecule has 3 aromatic rings. The number of likely N-dealkylation sites (N-methyl/N-ethyl adjacent to an activating group) is 1. The number of aliphatic carboxylic acids is 1. The summed E-state index contributed by atoms with van der Waals surface area (Å²) in [6.07, 6.45) is -4.00. The molecule has 2 aliphatic rings. The molecule has 2 fully saturated rings. The molecule has 1 aromatic heterocycles. The summed E-state index contributed by atoms with van der Waals surface area (Å²) in [5, 5.41) is 13.2. The molecule has 11 nitrogen and oxygen atoms in total. The Labute approximate surface area is 279 Å². The lowest BCUT2D eigenvalue weighted by Crippen LogP contribution is -2.63. The van der Waals surface area contributed by atoms with Crippen molar-refractivity contribution in [2.24, 2.45) is 5.92 Å². The van der Waals surface area contributed by atoms with Gasteiger partial charge in [0, 0.05) is 63.3 Å². The van der Waals surface area contributed by atoms with E-state index in [0.29, 0.717) is 23.7 Å². The third kappa shape index (κ3) is 9.60. The number of imidazole rings is 1. The number of carbonyl (C=O) groups is 3. The van der Waals surface area contributed by atoms with Crippen LogP contribution in [0.4, 0.5) is 36.4 Å². The largest absolute Gasteiger partial charge is 0.490 e. The second kappa shape index (κ2) is 15.9. The Kier molecular flexibility index (Phi) is 12.1. The predicted molar refractivity (Wildman–Crippen MR) is 161 cm³/mol. The zero-order valence-corrected chi connectivity index (χ0v) is 26.3. The van der Waals surface area contributed by atoms with E-state index in [9.17, 15) is 40.3 Å². The van der Waals surface area contributed by atoms with Crippen LogP contribution < -0.4 is 15.4 Å². The molecular formula is C30H30ClF7N6O5. The Balaban J connectivity index is 0.000000698. The summed E-state index contributed by atoms with van der Waals surface area (Å²) in [5.41, 5.74) is 0.786. The zero-order chi connectivity index (χ0) is 36.0. The number of alkyl halides is 5. The number of aromatic amines is 1. The molecule has 49 heavy (non-hydrogen) atoms. The highest BCUT2D eigenvalue weighted by Gasteiger charge is 2.38. The van der Waals surface area contributed by atoms with Gasteiger partial charge in [-0.05, 0) is 42.7 Å². The number of halogens is 8. The van der Waals surface area contributed by atoms with Crippen molar-refractivity contribution in [3.8, 4) is 5.75 Å². The van der Waals surface area contributed by atoms with Crippen LogP contribution in [0, 0.1) is 17.6 Å². The number of hydrogen-bond acceptors (Lipinski definition) is 7. The molecule has 0 unspecified atom stereocenters. The fourth-order valence-electron chi connectivity index (χ4n) is 5.08. The van der Waals surface area contributed by atoms with Gasteiger partial charge in [0.05, 0.1) is 16.6 Å². The molecule has 3 heterocycles. The van der Waals surface area contributed by atoms with Gasteiger partial charge in [-0.3, -0.25) is 14.5 Å². The fraction of sp³-hybridized carbons (Fsp3) is 0.400. The van der Waals surface area contributed by atoms with Crippen LogP contribution >= 0.6 is 11.6 Å². The minimum absolute atomic E-state index is 0.107. The normalized spacial score (nSPS) is 15.1. The van der Waals surface area contributed by atoms with Gasteiger partial charge in [0.25, 0.3) is 11.8 Å². The Morgan fingerprint density at radius 3 is 2.37 bits per heavy atom. The third-order valence-corrected chi connectivity index (χ3v) is 7.94. The van der Waals surface area contributed by atoms with Gasteiger partial charge in [0.1, 0.15) is 0 Å². The molecule has 5 rings (SSSR count). The van der Waals surface area contributed by atoms with Crippen molar-refractivity contribution < 1.29 is 55.0 Å². The van der Waals surface area contributed by atoms with Crippen LogP contribution in [0.3, 0.4) is 0 Å². The molecule has 0 aliphatic carbocycles. The van der Waals surface area contributed by atoms with E-state index >= 15 is 0 Å². The molecule has 2 amide bonds. The Morgan fingerprint density at radius 2 is 1.82 bits per heavy atom. The van der Waals surface area contributed by atoms with E-state index in [1.165, 1.54) is 12.3 Å². The number of nitrogens with one attached hydrogen (secondary N) is 3. The first kappa shape index (κ1) is 37.4. The Bertz CT molecular complexity index is 1660. The standard InChI is InChI=1S/C28H29ClF4N6O3.C2HF3O2/c1-2-39(19-13-38(14-19)12-15-9-34-10-15)27(41)20-5-4-17(8-21(20)29)37-26(40)25-35-11-18(36-25)7-16-3-6-22(42-28(32)33)24(31)23(16)30;3-2(4,5)1(6)7/h3-6,8,11,15,19,28,34H,2,7,9-10,12-14H2,1H3,(H,35,36)(H,37,40);(H,6,7). The first-order valence-corrected chi connectivity index (χ1v) is 15.1. The van der Waals surface area contributed by atoms with E-state index < -0.39 is 42.0 Å².